The van der Waals surface area contributed by atoms with Gasteiger partial charge in [-0.3, -0.25) is 0 Å². The Morgan fingerprint density at radius 3 is 2.33 bits per heavy atom. The van der Waals surface area contributed by atoms with E-state index >= 15 is 0 Å². The van der Waals surface area contributed by atoms with Crippen LogP contribution in [0.4, 0.5) is 0 Å². The van der Waals surface area contributed by atoms with Crippen molar-refractivity contribution in [2.45, 2.75) is 19.1 Å². The van der Waals surface area contributed by atoms with Gasteiger partial charge in [0, 0.05) is 0 Å². The van der Waals surface area contributed by atoms with Crippen molar-refractivity contribution in [2.75, 3.05) is 13.2 Å². The SMILES string of the molecule is C=CC1(C)OCCCO1. The first kappa shape index (κ1) is 6.78. The highest BCUT2D eigenvalue weighted by Gasteiger charge is 2.24. The van der Waals surface area contributed by atoms with Crippen molar-refractivity contribution in [1.29, 1.82) is 0 Å². The van der Waals surface area contributed by atoms with Gasteiger partial charge in [0.15, 0.2) is 5.79 Å². The molecule has 0 amide bonds. The fraction of sp³-hybridized carbons (Fsp3) is 0.714. The molecule has 1 saturated heterocycles. The summed E-state index contributed by atoms with van der Waals surface area (Å²) in [5, 5.41) is 0. The van der Waals surface area contributed by atoms with E-state index in [0.29, 0.717) is 0 Å². The van der Waals surface area contributed by atoms with Gasteiger partial charge in [-0.25, -0.2) is 0 Å². The van der Waals surface area contributed by atoms with Crippen molar-refractivity contribution in [2.24, 2.45) is 0 Å². The Kier molecular flexibility index (Phi) is 1.88. The summed E-state index contributed by atoms with van der Waals surface area (Å²) >= 11 is 0. The van der Waals surface area contributed by atoms with Gasteiger partial charge >= 0.3 is 0 Å². The Balaban J connectivity index is 2.46. The molecule has 0 saturated carbocycles. The molecule has 1 heterocycles. The third-order valence-corrected chi connectivity index (χ3v) is 1.44. The van der Waals surface area contributed by atoms with Crippen LogP contribution in [0.2, 0.25) is 0 Å². The lowest BCUT2D eigenvalue weighted by molar-refractivity contribution is -0.224. The van der Waals surface area contributed by atoms with Crippen molar-refractivity contribution in [3.05, 3.63) is 12.7 Å². The van der Waals surface area contributed by atoms with Gasteiger partial charge in [0.25, 0.3) is 0 Å². The van der Waals surface area contributed by atoms with E-state index in [0.717, 1.165) is 19.6 Å². The predicted octanol–water partition coefficient (Wildman–Crippen LogP) is 1.33. The van der Waals surface area contributed by atoms with Crippen LogP contribution >= 0.6 is 0 Å². The van der Waals surface area contributed by atoms with E-state index in [2.05, 4.69) is 6.58 Å². The molecule has 0 aliphatic carbocycles. The van der Waals surface area contributed by atoms with E-state index in [1.54, 1.807) is 6.08 Å². The van der Waals surface area contributed by atoms with E-state index in [-0.39, 0.29) is 0 Å². The molecule has 0 atom stereocenters. The van der Waals surface area contributed by atoms with E-state index < -0.39 is 5.79 Å². The summed E-state index contributed by atoms with van der Waals surface area (Å²) in [7, 11) is 0. The minimum Gasteiger partial charge on any atom is -0.347 e. The maximum atomic E-state index is 5.27. The van der Waals surface area contributed by atoms with E-state index in [9.17, 15) is 0 Å². The largest absolute Gasteiger partial charge is 0.347 e. The highest BCUT2D eigenvalue weighted by molar-refractivity contribution is 4.86. The minimum absolute atomic E-state index is 0.516. The second-order valence-corrected chi connectivity index (χ2v) is 2.27. The van der Waals surface area contributed by atoms with Gasteiger partial charge < -0.3 is 9.47 Å². The molecule has 2 heteroatoms. The summed E-state index contributed by atoms with van der Waals surface area (Å²) < 4.78 is 10.5. The molecule has 0 aromatic heterocycles. The molecular formula is C7H12O2. The van der Waals surface area contributed by atoms with E-state index in [4.69, 9.17) is 9.47 Å². The lowest BCUT2D eigenvalue weighted by Crippen LogP contribution is -2.35. The Morgan fingerprint density at radius 1 is 1.44 bits per heavy atom. The molecule has 2 nitrogen and oxygen atoms in total. The van der Waals surface area contributed by atoms with Gasteiger partial charge in [-0.05, 0) is 19.4 Å². The second-order valence-electron chi connectivity index (χ2n) is 2.27. The molecule has 52 valence electrons. The molecule has 1 fully saturated rings. The van der Waals surface area contributed by atoms with Crippen molar-refractivity contribution in [3.63, 3.8) is 0 Å². The molecule has 1 rings (SSSR count). The zero-order chi connectivity index (χ0) is 6.74. The maximum Gasteiger partial charge on any atom is 0.184 e. The molecule has 1 aliphatic rings. The van der Waals surface area contributed by atoms with Gasteiger partial charge in [0.2, 0.25) is 0 Å². The van der Waals surface area contributed by atoms with Crippen molar-refractivity contribution >= 4 is 0 Å². The molecular weight excluding hydrogens is 116 g/mol. The average Bonchev–Trinajstić information content (AvgIpc) is 1.90. The summed E-state index contributed by atoms with van der Waals surface area (Å²) in [6.45, 7) is 7.04. The normalized spacial score (nSPS) is 25.4. The predicted molar refractivity (Wildman–Crippen MR) is 35.1 cm³/mol. The molecule has 0 aromatic carbocycles. The standard InChI is InChI=1S/C7H12O2/c1-3-7(2)8-5-4-6-9-7/h3H,1,4-6H2,2H3. The third-order valence-electron chi connectivity index (χ3n) is 1.44. The summed E-state index contributed by atoms with van der Waals surface area (Å²) in [5.41, 5.74) is 0. The quantitative estimate of drug-likeness (QED) is 0.496. The Hall–Kier alpha value is -0.340. The van der Waals surface area contributed by atoms with Crippen LogP contribution in [0.15, 0.2) is 12.7 Å². The first-order valence-electron chi connectivity index (χ1n) is 3.18. The van der Waals surface area contributed by atoms with E-state index in [1.165, 1.54) is 0 Å². The monoisotopic (exact) mass is 128 g/mol. The van der Waals surface area contributed by atoms with Gasteiger partial charge in [0.05, 0.1) is 13.2 Å². The molecule has 0 unspecified atom stereocenters. The molecule has 9 heavy (non-hydrogen) atoms. The Bertz CT molecular complexity index is 103. The third kappa shape index (κ3) is 1.53. The molecule has 1 aliphatic heterocycles. The number of ether oxygens (including phenoxy) is 2. The van der Waals surface area contributed by atoms with Crippen LogP contribution in [0.25, 0.3) is 0 Å². The summed E-state index contributed by atoms with van der Waals surface area (Å²) in [6.07, 6.45) is 2.68. The van der Waals surface area contributed by atoms with Crippen LogP contribution in [0.1, 0.15) is 13.3 Å². The van der Waals surface area contributed by atoms with Crippen LogP contribution in [0.3, 0.4) is 0 Å². The van der Waals surface area contributed by atoms with Gasteiger partial charge in [0.1, 0.15) is 0 Å². The number of rotatable bonds is 1. The van der Waals surface area contributed by atoms with Gasteiger partial charge in [-0.1, -0.05) is 6.58 Å². The number of hydrogen-bond donors (Lipinski definition) is 0. The molecule has 0 spiro atoms. The van der Waals surface area contributed by atoms with Gasteiger partial charge in [-0.15, -0.1) is 0 Å². The van der Waals surface area contributed by atoms with Crippen LogP contribution in [-0.4, -0.2) is 19.0 Å². The fourth-order valence-corrected chi connectivity index (χ4v) is 0.768. The topological polar surface area (TPSA) is 18.5 Å². The van der Waals surface area contributed by atoms with Crippen LogP contribution in [-0.2, 0) is 9.47 Å². The zero-order valence-corrected chi connectivity index (χ0v) is 5.72. The maximum absolute atomic E-state index is 5.27. The van der Waals surface area contributed by atoms with Crippen LogP contribution < -0.4 is 0 Å². The lowest BCUT2D eigenvalue weighted by atomic mass is 10.3. The average molecular weight is 128 g/mol. The van der Waals surface area contributed by atoms with Crippen molar-refractivity contribution in [3.8, 4) is 0 Å². The molecule has 0 N–H and O–H groups in total. The Labute approximate surface area is 55.5 Å². The first-order valence-corrected chi connectivity index (χ1v) is 3.18. The number of hydrogen-bond acceptors (Lipinski definition) is 2. The lowest BCUT2D eigenvalue weighted by Gasteiger charge is -2.30. The van der Waals surface area contributed by atoms with Crippen molar-refractivity contribution in [1.82, 2.24) is 0 Å². The second kappa shape index (κ2) is 2.50. The molecule has 0 aromatic rings. The fourth-order valence-electron chi connectivity index (χ4n) is 0.768. The van der Waals surface area contributed by atoms with Crippen molar-refractivity contribution < 1.29 is 9.47 Å². The Morgan fingerprint density at radius 2 is 2.00 bits per heavy atom. The molecule has 0 bridgehead atoms. The minimum atomic E-state index is -0.516. The molecule has 0 radical (unpaired) electrons. The summed E-state index contributed by atoms with van der Waals surface area (Å²) in [6, 6.07) is 0. The highest BCUT2D eigenvalue weighted by Crippen LogP contribution is 2.18. The zero-order valence-electron chi connectivity index (χ0n) is 5.72. The van der Waals surface area contributed by atoms with Gasteiger partial charge in [-0.2, -0.15) is 0 Å². The van der Waals surface area contributed by atoms with Crippen LogP contribution in [0.5, 0.6) is 0 Å². The van der Waals surface area contributed by atoms with E-state index in [1.807, 2.05) is 6.92 Å². The summed E-state index contributed by atoms with van der Waals surface area (Å²) in [5.74, 6) is -0.516. The highest BCUT2D eigenvalue weighted by atomic mass is 16.7. The van der Waals surface area contributed by atoms with Crippen LogP contribution in [0, 0.1) is 0 Å². The first-order chi connectivity index (χ1) is 4.27. The summed E-state index contributed by atoms with van der Waals surface area (Å²) in [4.78, 5) is 0. The smallest absolute Gasteiger partial charge is 0.184 e.